The van der Waals surface area contributed by atoms with Gasteiger partial charge in [0, 0.05) is 11.8 Å². The van der Waals surface area contributed by atoms with Crippen LogP contribution in [0.2, 0.25) is 0 Å². The molecule has 2 aliphatic rings. The molecule has 9 nitrogen and oxygen atoms in total. The third kappa shape index (κ3) is 3.28. The van der Waals surface area contributed by atoms with Crippen LogP contribution in [0.1, 0.15) is 18.1 Å². The number of fused-ring (bicyclic) bond motifs is 1. The van der Waals surface area contributed by atoms with Gasteiger partial charge in [0.1, 0.15) is 17.8 Å². The number of hydrogen-bond acceptors (Lipinski definition) is 6. The van der Waals surface area contributed by atoms with Crippen LogP contribution in [-0.4, -0.2) is 43.2 Å². The molecule has 1 saturated heterocycles. The Bertz CT molecular complexity index is 1050. The summed E-state index contributed by atoms with van der Waals surface area (Å²) in [5.41, 5.74) is 0.646. The summed E-state index contributed by atoms with van der Waals surface area (Å²) < 4.78 is 15.8. The lowest BCUT2D eigenvalue weighted by atomic mass is 9.90. The molecule has 4 rings (SSSR count). The first-order valence-electron chi connectivity index (χ1n) is 9.30. The van der Waals surface area contributed by atoms with Crippen molar-refractivity contribution in [3.63, 3.8) is 0 Å². The van der Waals surface area contributed by atoms with E-state index >= 15 is 0 Å². The van der Waals surface area contributed by atoms with E-state index in [-0.39, 0.29) is 6.79 Å². The number of carbonyl (C=O) groups is 3. The van der Waals surface area contributed by atoms with Gasteiger partial charge in [-0.1, -0.05) is 6.07 Å². The molecule has 2 aliphatic heterocycles. The third-order valence-corrected chi connectivity index (χ3v) is 5.21. The molecule has 0 aliphatic carbocycles. The number of anilines is 1. The predicted octanol–water partition coefficient (Wildman–Crippen LogP) is 2.14. The van der Waals surface area contributed by atoms with Gasteiger partial charge in [0.05, 0.1) is 7.11 Å². The van der Waals surface area contributed by atoms with Gasteiger partial charge in [-0.05, 0) is 49.2 Å². The largest absolute Gasteiger partial charge is 0.496 e. The minimum absolute atomic E-state index is 0.124. The first-order chi connectivity index (χ1) is 14.3. The molecule has 30 heavy (non-hydrogen) atoms. The maximum absolute atomic E-state index is 13.0. The number of rotatable bonds is 5. The molecule has 4 amide bonds. The number of methoxy groups -OCH3 is 1. The van der Waals surface area contributed by atoms with E-state index in [2.05, 4.69) is 10.6 Å². The molecule has 2 N–H and O–H groups in total. The third-order valence-electron chi connectivity index (χ3n) is 5.21. The van der Waals surface area contributed by atoms with Gasteiger partial charge >= 0.3 is 6.03 Å². The number of amides is 4. The zero-order valence-electron chi connectivity index (χ0n) is 16.8. The summed E-state index contributed by atoms with van der Waals surface area (Å²) in [7, 11) is 1.56. The molecule has 0 aromatic heterocycles. The van der Waals surface area contributed by atoms with E-state index in [0.29, 0.717) is 28.5 Å². The maximum atomic E-state index is 13.0. The van der Waals surface area contributed by atoms with Gasteiger partial charge in [-0.25, -0.2) is 4.79 Å². The van der Waals surface area contributed by atoms with Crippen molar-refractivity contribution in [2.24, 2.45) is 0 Å². The average Bonchev–Trinajstić information content (AvgIpc) is 3.26. The second-order valence-corrected chi connectivity index (χ2v) is 7.25. The Hall–Kier alpha value is -3.75. The van der Waals surface area contributed by atoms with Crippen LogP contribution in [0.3, 0.4) is 0 Å². The van der Waals surface area contributed by atoms with Crippen molar-refractivity contribution in [2.75, 3.05) is 25.8 Å². The van der Waals surface area contributed by atoms with E-state index in [1.807, 2.05) is 6.92 Å². The molecule has 0 radical (unpaired) electrons. The summed E-state index contributed by atoms with van der Waals surface area (Å²) in [6.07, 6.45) is 0. The van der Waals surface area contributed by atoms with E-state index in [1.54, 1.807) is 50.4 Å². The molecule has 1 atom stereocenters. The minimum atomic E-state index is -1.27. The summed E-state index contributed by atoms with van der Waals surface area (Å²) >= 11 is 0. The molecule has 156 valence electrons. The van der Waals surface area contributed by atoms with Gasteiger partial charge in [-0.3, -0.25) is 14.5 Å². The van der Waals surface area contributed by atoms with Crippen molar-refractivity contribution in [1.29, 1.82) is 0 Å². The Balaban J connectivity index is 1.48. The number of aryl methyl sites for hydroxylation is 1. The Morgan fingerprint density at radius 2 is 1.97 bits per heavy atom. The number of nitrogens with zero attached hydrogens (tertiary/aromatic N) is 1. The quantitative estimate of drug-likeness (QED) is 0.731. The van der Waals surface area contributed by atoms with Crippen LogP contribution < -0.4 is 24.8 Å². The first kappa shape index (κ1) is 19.6. The molecular weight excluding hydrogens is 390 g/mol. The lowest BCUT2D eigenvalue weighted by Crippen LogP contribution is -2.42. The van der Waals surface area contributed by atoms with Crippen LogP contribution in [0.4, 0.5) is 10.5 Å². The molecule has 2 aromatic rings. The lowest BCUT2D eigenvalue weighted by Gasteiger charge is -2.23. The van der Waals surface area contributed by atoms with E-state index in [4.69, 9.17) is 14.2 Å². The second-order valence-electron chi connectivity index (χ2n) is 7.25. The smallest absolute Gasteiger partial charge is 0.325 e. The molecule has 1 unspecified atom stereocenters. The van der Waals surface area contributed by atoms with Gasteiger partial charge in [-0.2, -0.15) is 0 Å². The van der Waals surface area contributed by atoms with E-state index in [1.165, 1.54) is 0 Å². The lowest BCUT2D eigenvalue weighted by molar-refractivity contribution is -0.133. The van der Waals surface area contributed by atoms with Crippen LogP contribution in [0.15, 0.2) is 36.4 Å². The fourth-order valence-electron chi connectivity index (χ4n) is 3.54. The van der Waals surface area contributed by atoms with Gasteiger partial charge in [0.2, 0.25) is 12.7 Å². The number of carbonyl (C=O) groups excluding carboxylic acids is 3. The van der Waals surface area contributed by atoms with Crippen LogP contribution in [0.5, 0.6) is 17.2 Å². The highest BCUT2D eigenvalue weighted by Gasteiger charge is 2.49. The van der Waals surface area contributed by atoms with Crippen LogP contribution in [-0.2, 0) is 15.1 Å². The molecule has 0 bridgehead atoms. The molecule has 0 spiro atoms. The van der Waals surface area contributed by atoms with Crippen molar-refractivity contribution in [3.05, 3.63) is 47.5 Å². The number of imide groups is 1. The molecule has 2 heterocycles. The SMILES string of the molecule is COc1ccc(C2(C)NC(=O)N(CC(=O)Nc3ccc4c(c3)OCO4)C2=O)cc1C. The van der Waals surface area contributed by atoms with Crippen molar-refractivity contribution >= 4 is 23.5 Å². The Morgan fingerprint density at radius 1 is 1.20 bits per heavy atom. The highest BCUT2D eigenvalue weighted by Crippen LogP contribution is 2.34. The molecule has 9 heteroatoms. The molecular formula is C21H21N3O6. The van der Waals surface area contributed by atoms with Crippen molar-refractivity contribution < 1.29 is 28.6 Å². The van der Waals surface area contributed by atoms with E-state index in [0.717, 1.165) is 10.5 Å². The summed E-state index contributed by atoms with van der Waals surface area (Å²) in [5, 5.41) is 5.36. The van der Waals surface area contributed by atoms with Crippen molar-refractivity contribution in [1.82, 2.24) is 10.2 Å². The highest BCUT2D eigenvalue weighted by molar-refractivity contribution is 6.10. The summed E-state index contributed by atoms with van der Waals surface area (Å²) in [5.74, 6) is 0.780. The van der Waals surface area contributed by atoms with E-state index in [9.17, 15) is 14.4 Å². The predicted molar refractivity (Wildman–Crippen MR) is 107 cm³/mol. The summed E-state index contributed by atoms with van der Waals surface area (Å²) in [4.78, 5) is 38.9. The minimum Gasteiger partial charge on any atom is -0.496 e. The van der Waals surface area contributed by atoms with Crippen molar-refractivity contribution in [2.45, 2.75) is 19.4 Å². The average molecular weight is 411 g/mol. The monoisotopic (exact) mass is 411 g/mol. The van der Waals surface area contributed by atoms with Gasteiger partial charge in [0.25, 0.3) is 5.91 Å². The van der Waals surface area contributed by atoms with Crippen LogP contribution in [0.25, 0.3) is 0 Å². The van der Waals surface area contributed by atoms with Gasteiger partial charge in [0.15, 0.2) is 11.5 Å². The highest BCUT2D eigenvalue weighted by atomic mass is 16.7. The molecule has 1 fully saturated rings. The van der Waals surface area contributed by atoms with Crippen LogP contribution >= 0.6 is 0 Å². The summed E-state index contributed by atoms with van der Waals surface area (Å²) in [6, 6.07) is 9.57. The fraction of sp³-hybridized carbons (Fsp3) is 0.286. The Labute approximate surface area is 172 Å². The number of nitrogens with one attached hydrogen (secondary N) is 2. The topological polar surface area (TPSA) is 106 Å². The Kier molecular flexibility index (Phi) is 4.73. The fourth-order valence-corrected chi connectivity index (χ4v) is 3.54. The first-order valence-corrected chi connectivity index (χ1v) is 9.30. The molecule has 2 aromatic carbocycles. The van der Waals surface area contributed by atoms with E-state index < -0.39 is 29.9 Å². The molecule has 0 saturated carbocycles. The Morgan fingerprint density at radius 3 is 2.70 bits per heavy atom. The maximum Gasteiger partial charge on any atom is 0.325 e. The number of ether oxygens (including phenoxy) is 3. The second kappa shape index (κ2) is 7.25. The number of urea groups is 1. The van der Waals surface area contributed by atoms with Gasteiger partial charge < -0.3 is 24.8 Å². The van der Waals surface area contributed by atoms with Crippen LogP contribution in [0, 0.1) is 6.92 Å². The van der Waals surface area contributed by atoms with Gasteiger partial charge in [-0.15, -0.1) is 0 Å². The standard InChI is InChI=1S/C21H21N3O6/c1-12-8-13(4-6-15(12)28-3)21(2)19(26)24(20(27)23-21)10-18(25)22-14-5-7-16-17(9-14)30-11-29-16/h4-9H,10-11H2,1-3H3,(H,22,25)(H,23,27). The summed E-state index contributed by atoms with van der Waals surface area (Å²) in [6.45, 7) is 3.18. The normalized spacial score (nSPS) is 19.6. The zero-order chi connectivity index (χ0) is 21.5. The zero-order valence-corrected chi connectivity index (χ0v) is 16.8. The number of benzene rings is 2. The number of hydrogen-bond donors (Lipinski definition) is 2. The van der Waals surface area contributed by atoms with Crippen molar-refractivity contribution in [3.8, 4) is 17.2 Å².